The van der Waals surface area contributed by atoms with Crippen LogP contribution in [0.2, 0.25) is 0 Å². The molecule has 1 fully saturated rings. The van der Waals surface area contributed by atoms with Gasteiger partial charge in [0.2, 0.25) is 0 Å². The summed E-state index contributed by atoms with van der Waals surface area (Å²) in [7, 11) is 0. The van der Waals surface area contributed by atoms with Crippen molar-refractivity contribution in [1.29, 1.82) is 0 Å². The molecule has 1 aromatic heterocycles. The number of ether oxygens (including phenoxy) is 1. The molecule has 0 aliphatic carbocycles. The van der Waals surface area contributed by atoms with Crippen LogP contribution in [0.25, 0.3) is 11.0 Å². The van der Waals surface area contributed by atoms with Gasteiger partial charge < -0.3 is 9.15 Å². The Morgan fingerprint density at radius 1 is 1.39 bits per heavy atom. The fraction of sp³-hybridized carbons (Fsp3) is 0.429. The third-order valence-corrected chi connectivity index (χ3v) is 3.79. The van der Waals surface area contributed by atoms with Crippen LogP contribution >= 0.6 is 0 Å². The summed E-state index contributed by atoms with van der Waals surface area (Å²) in [6, 6.07) is 10.1. The van der Waals surface area contributed by atoms with Crippen LogP contribution in [0, 0.1) is 5.92 Å². The lowest BCUT2D eigenvalue weighted by molar-refractivity contribution is 0.0927. The van der Waals surface area contributed by atoms with Crippen LogP contribution in [-0.2, 0) is 4.74 Å². The molecule has 4 nitrogen and oxygen atoms in total. The summed E-state index contributed by atoms with van der Waals surface area (Å²) in [5, 5.41) is 1.11. The lowest BCUT2D eigenvalue weighted by Crippen LogP contribution is -2.35. The second-order valence-corrected chi connectivity index (χ2v) is 4.86. The fourth-order valence-electron chi connectivity index (χ4n) is 2.76. The quantitative estimate of drug-likeness (QED) is 0.644. The summed E-state index contributed by atoms with van der Waals surface area (Å²) in [6.07, 6.45) is 1.21. The number of hydrogen-bond donors (Lipinski definition) is 2. The maximum absolute atomic E-state index is 5.88. The number of hydrazine groups is 1. The van der Waals surface area contributed by atoms with E-state index in [1.54, 1.807) is 0 Å². The summed E-state index contributed by atoms with van der Waals surface area (Å²) in [4.78, 5) is 0. The van der Waals surface area contributed by atoms with Crippen molar-refractivity contribution >= 4 is 11.0 Å². The molecule has 1 aromatic carbocycles. The van der Waals surface area contributed by atoms with E-state index in [0.717, 1.165) is 29.8 Å². The zero-order valence-corrected chi connectivity index (χ0v) is 10.4. The van der Waals surface area contributed by atoms with Crippen LogP contribution in [0.15, 0.2) is 34.7 Å². The van der Waals surface area contributed by atoms with Gasteiger partial charge in [0.1, 0.15) is 11.3 Å². The van der Waals surface area contributed by atoms with Gasteiger partial charge >= 0.3 is 0 Å². The highest BCUT2D eigenvalue weighted by molar-refractivity contribution is 5.77. The molecule has 3 rings (SSSR count). The third-order valence-electron chi connectivity index (χ3n) is 3.79. The van der Waals surface area contributed by atoms with Gasteiger partial charge in [0.05, 0.1) is 12.1 Å². The van der Waals surface area contributed by atoms with Crippen LogP contribution < -0.4 is 11.3 Å². The number of para-hydroxylation sites is 1. The van der Waals surface area contributed by atoms with Crippen LogP contribution in [0.5, 0.6) is 0 Å². The fourth-order valence-corrected chi connectivity index (χ4v) is 2.76. The van der Waals surface area contributed by atoms with E-state index in [1.807, 2.05) is 24.3 Å². The Balaban J connectivity index is 1.95. The number of benzene rings is 1. The first kappa shape index (κ1) is 11.7. The van der Waals surface area contributed by atoms with E-state index in [-0.39, 0.29) is 12.1 Å². The highest BCUT2D eigenvalue weighted by atomic mass is 16.5. The Hall–Kier alpha value is -1.36. The molecule has 0 radical (unpaired) electrons. The van der Waals surface area contributed by atoms with Gasteiger partial charge in [-0.3, -0.25) is 5.84 Å². The first-order valence-corrected chi connectivity index (χ1v) is 6.36. The lowest BCUT2D eigenvalue weighted by Gasteiger charge is -2.23. The summed E-state index contributed by atoms with van der Waals surface area (Å²) in [5.74, 6) is 6.95. The van der Waals surface area contributed by atoms with E-state index in [9.17, 15) is 0 Å². The first-order valence-electron chi connectivity index (χ1n) is 6.36. The molecule has 0 spiro atoms. The van der Waals surface area contributed by atoms with Crippen LogP contribution in [0.1, 0.15) is 25.1 Å². The molecule has 0 amide bonds. The van der Waals surface area contributed by atoms with Crippen molar-refractivity contribution in [3.8, 4) is 0 Å². The van der Waals surface area contributed by atoms with Gasteiger partial charge in [-0.2, -0.15) is 0 Å². The second kappa shape index (κ2) is 4.72. The molecule has 0 bridgehead atoms. The lowest BCUT2D eigenvalue weighted by atomic mass is 9.92. The highest BCUT2D eigenvalue weighted by Crippen LogP contribution is 2.35. The molecule has 96 valence electrons. The standard InChI is InChI=1S/C14H18N2O2/c1-9-11(6-7-17-9)14(16-15)13-8-10-4-2-3-5-12(10)18-13/h2-5,8-9,11,14,16H,6-7,15H2,1H3. The molecule has 1 aliphatic heterocycles. The normalized spacial score (nSPS) is 25.7. The summed E-state index contributed by atoms with van der Waals surface area (Å²) in [6.45, 7) is 2.88. The van der Waals surface area contributed by atoms with Gasteiger partial charge in [-0.25, -0.2) is 5.43 Å². The number of fused-ring (bicyclic) bond motifs is 1. The van der Waals surface area contributed by atoms with Gasteiger partial charge in [-0.15, -0.1) is 0 Å². The van der Waals surface area contributed by atoms with Crippen molar-refractivity contribution < 1.29 is 9.15 Å². The van der Waals surface area contributed by atoms with Crippen LogP contribution in [-0.4, -0.2) is 12.7 Å². The minimum absolute atomic E-state index is 0.00917. The van der Waals surface area contributed by atoms with Crippen LogP contribution in [0.4, 0.5) is 0 Å². The van der Waals surface area contributed by atoms with Gasteiger partial charge in [0, 0.05) is 17.9 Å². The monoisotopic (exact) mass is 246 g/mol. The molecular weight excluding hydrogens is 228 g/mol. The van der Waals surface area contributed by atoms with E-state index >= 15 is 0 Å². The highest BCUT2D eigenvalue weighted by Gasteiger charge is 2.34. The molecule has 1 saturated heterocycles. The van der Waals surface area contributed by atoms with E-state index in [4.69, 9.17) is 15.0 Å². The first-order chi connectivity index (χ1) is 8.79. The molecule has 3 unspecified atom stereocenters. The second-order valence-electron chi connectivity index (χ2n) is 4.86. The SMILES string of the molecule is CC1OCCC1C(NN)c1cc2ccccc2o1. The number of rotatable bonds is 3. The maximum atomic E-state index is 5.88. The average molecular weight is 246 g/mol. The van der Waals surface area contributed by atoms with Crippen molar-refractivity contribution in [3.05, 3.63) is 36.1 Å². The minimum Gasteiger partial charge on any atom is -0.459 e. The number of furan rings is 1. The minimum atomic E-state index is 0.00917. The molecule has 4 heteroatoms. The largest absolute Gasteiger partial charge is 0.459 e. The number of nitrogens with two attached hydrogens (primary N) is 1. The Morgan fingerprint density at radius 2 is 2.22 bits per heavy atom. The molecular formula is C14H18N2O2. The molecule has 0 saturated carbocycles. The Bertz CT molecular complexity index is 504. The van der Waals surface area contributed by atoms with Crippen molar-refractivity contribution in [1.82, 2.24) is 5.43 Å². The zero-order chi connectivity index (χ0) is 12.5. The topological polar surface area (TPSA) is 60.4 Å². The van der Waals surface area contributed by atoms with Crippen molar-refractivity contribution in [2.45, 2.75) is 25.5 Å². The molecule has 3 atom stereocenters. The van der Waals surface area contributed by atoms with Gasteiger partial charge in [-0.1, -0.05) is 18.2 Å². The van der Waals surface area contributed by atoms with Gasteiger partial charge in [-0.05, 0) is 25.5 Å². The van der Waals surface area contributed by atoms with E-state index in [0.29, 0.717) is 5.92 Å². The van der Waals surface area contributed by atoms with Crippen molar-refractivity contribution in [2.75, 3.05) is 6.61 Å². The summed E-state index contributed by atoms with van der Waals surface area (Å²) in [5.41, 5.74) is 3.78. The molecule has 2 aromatic rings. The molecule has 18 heavy (non-hydrogen) atoms. The molecule has 1 aliphatic rings. The van der Waals surface area contributed by atoms with Gasteiger partial charge in [0.25, 0.3) is 0 Å². The molecule has 2 heterocycles. The Labute approximate surface area is 106 Å². The van der Waals surface area contributed by atoms with Crippen LogP contribution in [0.3, 0.4) is 0 Å². The van der Waals surface area contributed by atoms with E-state index in [1.165, 1.54) is 0 Å². The predicted molar refractivity (Wildman–Crippen MR) is 69.8 cm³/mol. The summed E-state index contributed by atoms with van der Waals surface area (Å²) >= 11 is 0. The maximum Gasteiger partial charge on any atom is 0.134 e. The number of nitrogens with one attached hydrogen (secondary N) is 1. The Morgan fingerprint density at radius 3 is 2.89 bits per heavy atom. The van der Waals surface area contributed by atoms with Gasteiger partial charge in [0.15, 0.2) is 0 Å². The Kier molecular flexibility index (Phi) is 3.07. The van der Waals surface area contributed by atoms with Crippen molar-refractivity contribution in [2.24, 2.45) is 11.8 Å². The summed E-state index contributed by atoms with van der Waals surface area (Å²) < 4.78 is 11.5. The number of hydrogen-bond acceptors (Lipinski definition) is 4. The predicted octanol–water partition coefficient (Wildman–Crippen LogP) is 2.36. The van der Waals surface area contributed by atoms with E-state index in [2.05, 4.69) is 18.4 Å². The third kappa shape index (κ3) is 1.92. The van der Waals surface area contributed by atoms with Crippen molar-refractivity contribution in [3.63, 3.8) is 0 Å². The van der Waals surface area contributed by atoms with E-state index < -0.39 is 0 Å². The average Bonchev–Trinajstić information content (AvgIpc) is 2.97. The molecule has 3 N–H and O–H groups in total. The smallest absolute Gasteiger partial charge is 0.134 e. The zero-order valence-electron chi connectivity index (χ0n) is 10.4.